The molecule has 1 aliphatic rings. The second-order valence-corrected chi connectivity index (χ2v) is 9.01. The van der Waals surface area contributed by atoms with E-state index in [9.17, 15) is 14.7 Å². The van der Waals surface area contributed by atoms with Crippen LogP contribution in [0.1, 0.15) is 49.8 Å². The number of aromatic nitrogens is 2. The largest absolute Gasteiger partial charge is 0.497 e. The molecule has 3 aromatic rings. The fraction of sp³-hybridized carbons (Fsp3) is 0.370. The zero-order valence-corrected chi connectivity index (χ0v) is 19.9. The number of hydrogen-bond acceptors (Lipinski definition) is 6. The lowest BCUT2D eigenvalue weighted by molar-refractivity contribution is -0.156. The summed E-state index contributed by atoms with van der Waals surface area (Å²) in [4.78, 5) is 22.6. The molecule has 0 atom stereocenters. The van der Waals surface area contributed by atoms with E-state index in [1.807, 2.05) is 66.2 Å². The molecule has 0 saturated heterocycles. The molecule has 8 heteroatoms. The van der Waals surface area contributed by atoms with E-state index >= 15 is 0 Å². The summed E-state index contributed by atoms with van der Waals surface area (Å²) in [6, 6.07) is 17.7. The van der Waals surface area contributed by atoms with E-state index < -0.39 is 17.5 Å². The second kappa shape index (κ2) is 10.3. The average Bonchev–Trinajstić information content (AvgIpc) is 3.31. The van der Waals surface area contributed by atoms with Crippen LogP contribution in [0.5, 0.6) is 5.75 Å². The van der Waals surface area contributed by atoms with Gasteiger partial charge in [-0.1, -0.05) is 29.8 Å². The minimum Gasteiger partial charge on any atom is -0.497 e. The number of benzene rings is 2. The van der Waals surface area contributed by atoms with Crippen molar-refractivity contribution in [3.63, 3.8) is 0 Å². The number of aryl methyl sites for hydroxylation is 1. The molecular formula is C27H30N2O6. The molecule has 1 fully saturated rings. The molecule has 0 radical (unpaired) electrons. The molecule has 1 aliphatic carbocycles. The number of aliphatic hydroxyl groups is 1. The summed E-state index contributed by atoms with van der Waals surface area (Å²) in [5.74, 6) is -0.807. The van der Waals surface area contributed by atoms with Crippen LogP contribution in [-0.4, -0.2) is 45.1 Å². The Morgan fingerprint density at radius 1 is 1.06 bits per heavy atom. The summed E-state index contributed by atoms with van der Waals surface area (Å²) in [6.45, 7) is 2.03. The summed E-state index contributed by atoms with van der Waals surface area (Å²) in [5, 5.41) is 25.1. The van der Waals surface area contributed by atoms with Gasteiger partial charge in [-0.2, -0.15) is 5.10 Å². The fourth-order valence-corrected chi connectivity index (χ4v) is 4.36. The summed E-state index contributed by atoms with van der Waals surface area (Å²) in [6.07, 6.45) is 0.988. The van der Waals surface area contributed by atoms with Crippen LogP contribution in [0.2, 0.25) is 0 Å². The molecule has 184 valence electrons. The molecular weight excluding hydrogens is 448 g/mol. The number of carbonyl (C=O) groups is 2. The first-order valence-corrected chi connectivity index (χ1v) is 11.7. The molecule has 1 heterocycles. The summed E-state index contributed by atoms with van der Waals surface area (Å²) in [5.41, 5.74) is 3.26. The molecule has 0 amide bonds. The lowest BCUT2D eigenvalue weighted by Crippen LogP contribution is -2.35. The van der Waals surface area contributed by atoms with Crippen molar-refractivity contribution in [3.05, 3.63) is 65.9 Å². The number of rotatable bonds is 8. The van der Waals surface area contributed by atoms with Crippen LogP contribution in [-0.2, 0) is 19.9 Å². The summed E-state index contributed by atoms with van der Waals surface area (Å²) in [7, 11) is 1.62. The summed E-state index contributed by atoms with van der Waals surface area (Å²) >= 11 is 0. The normalized spacial score (nSPS) is 19.8. The zero-order chi connectivity index (χ0) is 25.0. The Bertz CT molecular complexity index is 1180. The molecule has 2 N–H and O–H groups in total. The lowest BCUT2D eigenvalue weighted by Gasteiger charge is -2.34. The highest BCUT2D eigenvalue weighted by atomic mass is 16.5. The number of ether oxygens (including phenoxy) is 2. The Kier molecular flexibility index (Phi) is 7.21. The third-order valence-corrected chi connectivity index (χ3v) is 6.45. The molecule has 0 unspecified atom stereocenters. The quantitative estimate of drug-likeness (QED) is 0.462. The molecule has 35 heavy (non-hydrogen) atoms. The topological polar surface area (TPSA) is 111 Å². The van der Waals surface area contributed by atoms with Crippen LogP contribution >= 0.6 is 0 Å². The Labute approximate surface area is 204 Å². The van der Waals surface area contributed by atoms with Gasteiger partial charge in [-0.25, -0.2) is 4.68 Å². The van der Waals surface area contributed by atoms with Crippen LogP contribution in [0.25, 0.3) is 16.9 Å². The Morgan fingerprint density at radius 3 is 2.31 bits per heavy atom. The van der Waals surface area contributed by atoms with Gasteiger partial charge < -0.3 is 19.7 Å². The fourth-order valence-electron chi connectivity index (χ4n) is 4.36. The van der Waals surface area contributed by atoms with Gasteiger partial charge >= 0.3 is 11.9 Å². The standard InChI is InChI=1S/C27H30N2O6/c1-18-3-5-19(6-4-18)23-17-24(28-29(23)20-7-9-21(34-2)10-8-20)27(33)15-13-22(14-16-27)35-26(32)12-11-25(30)31/h3-10,17,22,33H,11-16H2,1-2H3,(H,30,31). The first-order chi connectivity index (χ1) is 16.8. The minimum atomic E-state index is -1.15. The SMILES string of the molecule is COc1ccc(-n2nc(C3(O)CCC(OC(=O)CCC(=O)O)CC3)cc2-c2ccc(C)cc2)cc1. The third-order valence-electron chi connectivity index (χ3n) is 6.45. The lowest BCUT2D eigenvalue weighted by atomic mass is 9.81. The van der Waals surface area contributed by atoms with Gasteiger partial charge in [-0.3, -0.25) is 9.59 Å². The number of nitrogens with zero attached hydrogens (tertiary/aromatic N) is 2. The molecule has 0 spiro atoms. The van der Waals surface area contributed by atoms with Gasteiger partial charge in [0.2, 0.25) is 0 Å². The minimum absolute atomic E-state index is 0.151. The number of carbonyl (C=O) groups excluding carboxylic acids is 1. The molecule has 0 aliphatic heterocycles. The van der Waals surface area contributed by atoms with E-state index in [2.05, 4.69) is 0 Å². The zero-order valence-electron chi connectivity index (χ0n) is 19.9. The maximum Gasteiger partial charge on any atom is 0.306 e. The van der Waals surface area contributed by atoms with Gasteiger partial charge in [0.15, 0.2) is 0 Å². The van der Waals surface area contributed by atoms with Gasteiger partial charge in [-0.15, -0.1) is 0 Å². The van der Waals surface area contributed by atoms with E-state index in [0.717, 1.165) is 28.3 Å². The number of hydrogen-bond donors (Lipinski definition) is 2. The molecule has 2 aromatic carbocycles. The van der Waals surface area contributed by atoms with Crippen LogP contribution in [0.3, 0.4) is 0 Å². The van der Waals surface area contributed by atoms with E-state index in [-0.39, 0.29) is 18.9 Å². The van der Waals surface area contributed by atoms with Crippen molar-refractivity contribution in [1.29, 1.82) is 0 Å². The van der Waals surface area contributed by atoms with Gasteiger partial charge in [-0.05, 0) is 62.9 Å². The van der Waals surface area contributed by atoms with Crippen LogP contribution < -0.4 is 4.74 Å². The van der Waals surface area contributed by atoms with Crippen molar-refractivity contribution in [2.45, 2.75) is 57.2 Å². The number of carboxylic acids is 1. The highest BCUT2D eigenvalue weighted by Crippen LogP contribution is 2.39. The first kappa shape index (κ1) is 24.5. The number of methoxy groups -OCH3 is 1. The number of aliphatic carboxylic acids is 1. The van der Waals surface area contributed by atoms with Crippen molar-refractivity contribution >= 4 is 11.9 Å². The van der Waals surface area contributed by atoms with Crippen molar-refractivity contribution < 1.29 is 29.3 Å². The van der Waals surface area contributed by atoms with Crippen LogP contribution in [0.4, 0.5) is 0 Å². The predicted molar refractivity (Wildman–Crippen MR) is 129 cm³/mol. The van der Waals surface area contributed by atoms with E-state index in [0.29, 0.717) is 31.4 Å². The van der Waals surface area contributed by atoms with Gasteiger partial charge in [0.05, 0.1) is 37.0 Å². The Morgan fingerprint density at radius 2 is 1.71 bits per heavy atom. The van der Waals surface area contributed by atoms with Crippen molar-refractivity contribution in [2.75, 3.05) is 7.11 Å². The molecule has 8 nitrogen and oxygen atoms in total. The average molecular weight is 479 g/mol. The Balaban J connectivity index is 1.57. The first-order valence-electron chi connectivity index (χ1n) is 11.7. The number of carboxylic acid groups (broad SMARTS) is 1. The monoisotopic (exact) mass is 478 g/mol. The highest BCUT2D eigenvalue weighted by molar-refractivity contribution is 5.76. The van der Waals surface area contributed by atoms with E-state index in [1.54, 1.807) is 7.11 Å². The third kappa shape index (κ3) is 5.71. The van der Waals surface area contributed by atoms with Crippen molar-refractivity contribution in [2.24, 2.45) is 0 Å². The number of esters is 1. The van der Waals surface area contributed by atoms with Crippen LogP contribution in [0, 0.1) is 6.92 Å². The second-order valence-electron chi connectivity index (χ2n) is 9.01. The van der Waals surface area contributed by atoms with E-state index in [4.69, 9.17) is 19.7 Å². The van der Waals surface area contributed by atoms with Gasteiger partial charge in [0.1, 0.15) is 17.5 Å². The summed E-state index contributed by atoms with van der Waals surface area (Å²) < 4.78 is 12.5. The van der Waals surface area contributed by atoms with Crippen molar-refractivity contribution in [1.82, 2.24) is 9.78 Å². The highest BCUT2D eigenvalue weighted by Gasteiger charge is 2.38. The van der Waals surface area contributed by atoms with E-state index in [1.165, 1.54) is 0 Å². The maximum atomic E-state index is 11.9. The Hall–Kier alpha value is -3.65. The molecule has 0 bridgehead atoms. The molecule has 4 rings (SSSR count). The van der Waals surface area contributed by atoms with Gasteiger partial charge in [0.25, 0.3) is 0 Å². The maximum absolute atomic E-state index is 11.9. The molecule has 1 aromatic heterocycles. The smallest absolute Gasteiger partial charge is 0.306 e. The van der Waals surface area contributed by atoms with Crippen LogP contribution in [0.15, 0.2) is 54.6 Å². The molecule has 1 saturated carbocycles. The van der Waals surface area contributed by atoms with Gasteiger partial charge in [0, 0.05) is 5.56 Å². The predicted octanol–water partition coefficient (Wildman–Crippen LogP) is 4.39. The van der Waals surface area contributed by atoms with Crippen molar-refractivity contribution in [3.8, 4) is 22.7 Å².